The van der Waals surface area contributed by atoms with Gasteiger partial charge in [0, 0.05) is 5.56 Å². The summed E-state index contributed by atoms with van der Waals surface area (Å²) in [5.74, 6) is -0.945. The minimum atomic E-state index is -0.497. The van der Waals surface area contributed by atoms with Gasteiger partial charge in [0.2, 0.25) is 0 Å². The highest BCUT2D eigenvalue weighted by molar-refractivity contribution is 8.18. The van der Waals surface area contributed by atoms with Gasteiger partial charge in [-0.3, -0.25) is 19.3 Å². The SMILES string of the molecule is O=C(COc1cccc(/C=C2\SC(=O)N(Cc3ccccc3F)C2=O)c1)Nc1ccccc1Cl. The van der Waals surface area contributed by atoms with E-state index in [4.69, 9.17) is 16.3 Å². The Morgan fingerprint density at radius 3 is 2.62 bits per heavy atom. The van der Waals surface area contributed by atoms with Gasteiger partial charge in [-0.15, -0.1) is 0 Å². The third kappa shape index (κ3) is 5.65. The summed E-state index contributed by atoms with van der Waals surface area (Å²) in [7, 11) is 0. The van der Waals surface area contributed by atoms with Gasteiger partial charge in [0.25, 0.3) is 17.1 Å². The summed E-state index contributed by atoms with van der Waals surface area (Å²) in [5, 5.41) is 2.62. The van der Waals surface area contributed by atoms with Crippen molar-refractivity contribution in [3.05, 3.63) is 99.7 Å². The molecule has 3 amide bonds. The van der Waals surface area contributed by atoms with E-state index in [0.717, 1.165) is 16.7 Å². The molecule has 0 aromatic heterocycles. The van der Waals surface area contributed by atoms with Crippen molar-refractivity contribution < 1.29 is 23.5 Å². The molecule has 1 aliphatic heterocycles. The van der Waals surface area contributed by atoms with Crippen LogP contribution in [-0.2, 0) is 16.1 Å². The third-order valence-electron chi connectivity index (χ3n) is 4.83. The van der Waals surface area contributed by atoms with Gasteiger partial charge in [0.1, 0.15) is 11.6 Å². The average molecular weight is 497 g/mol. The first kappa shape index (κ1) is 23.5. The van der Waals surface area contributed by atoms with E-state index in [1.54, 1.807) is 66.7 Å². The monoisotopic (exact) mass is 496 g/mol. The number of anilines is 1. The van der Waals surface area contributed by atoms with E-state index in [1.165, 1.54) is 12.1 Å². The molecular weight excluding hydrogens is 479 g/mol. The second kappa shape index (κ2) is 10.5. The quantitative estimate of drug-likeness (QED) is 0.422. The second-order valence-electron chi connectivity index (χ2n) is 7.25. The van der Waals surface area contributed by atoms with E-state index in [-0.39, 0.29) is 29.5 Å². The van der Waals surface area contributed by atoms with E-state index in [9.17, 15) is 18.8 Å². The van der Waals surface area contributed by atoms with Crippen LogP contribution in [0.4, 0.5) is 14.9 Å². The predicted octanol–water partition coefficient (Wildman–Crippen LogP) is 5.73. The number of hydrogen-bond acceptors (Lipinski definition) is 5. The van der Waals surface area contributed by atoms with Crippen molar-refractivity contribution in [3.8, 4) is 5.75 Å². The van der Waals surface area contributed by atoms with Gasteiger partial charge in [-0.1, -0.05) is 54.1 Å². The van der Waals surface area contributed by atoms with E-state index in [1.807, 2.05) is 0 Å². The number of nitrogens with one attached hydrogen (secondary N) is 1. The number of para-hydroxylation sites is 1. The Hall–Kier alpha value is -3.62. The van der Waals surface area contributed by atoms with Crippen LogP contribution in [0.1, 0.15) is 11.1 Å². The van der Waals surface area contributed by atoms with Crippen LogP contribution in [0.15, 0.2) is 77.7 Å². The maximum absolute atomic E-state index is 13.9. The summed E-state index contributed by atoms with van der Waals surface area (Å²) < 4.78 is 19.5. The van der Waals surface area contributed by atoms with E-state index >= 15 is 0 Å². The number of ether oxygens (including phenoxy) is 1. The molecule has 0 saturated carbocycles. The van der Waals surface area contributed by atoms with E-state index in [2.05, 4.69) is 5.32 Å². The molecule has 1 heterocycles. The van der Waals surface area contributed by atoms with Gasteiger partial charge in [-0.05, 0) is 53.7 Å². The van der Waals surface area contributed by atoms with Crippen molar-refractivity contribution >= 4 is 52.2 Å². The first-order valence-corrected chi connectivity index (χ1v) is 11.4. The lowest BCUT2D eigenvalue weighted by Gasteiger charge is -2.12. The minimum Gasteiger partial charge on any atom is -0.484 e. The Labute approximate surface area is 204 Å². The number of carbonyl (C=O) groups excluding carboxylic acids is 3. The summed E-state index contributed by atoms with van der Waals surface area (Å²) in [6, 6.07) is 19.6. The number of hydrogen-bond donors (Lipinski definition) is 1. The van der Waals surface area contributed by atoms with Crippen LogP contribution in [0, 0.1) is 5.82 Å². The van der Waals surface area contributed by atoms with Crippen molar-refractivity contribution in [3.63, 3.8) is 0 Å². The van der Waals surface area contributed by atoms with Gasteiger partial charge in [-0.2, -0.15) is 0 Å². The third-order valence-corrected chi connectivity index (χ3v) is 6.07. The molecule has 1 fully saturated rings. The lowest BCUT2D eigenvalue weighted by Crippen LogP contribution is -2.27. The fourth-order valence-corrected chi connectivity index (χ4v) is 4.20. The zero-order valence-corrected chi connectivity index (χ0v) is 19.2. The molecule has 4 rings (SSSR count). The molecule has 3 aromatic carbocycles. The van der Waals surface area contributed by atoms with Gasteiger partial charge < -0.3 is 10.1 Å². The molecule has 0 unspecified atom stereocenters. The van der Waals surface area contributed by atoms with E-state index < -0.39 is 17.0 Å². The summed E-state index contributed by atoms with van der Waals surface area (Å²) in [4.78, 5) is 38.5. The lowest BCUT2D eigenvalue weighted by atomic mass is 10.2. The molecule has 6 nitrogen and oxygen atoms in total. The Morgan fingerprint density at radius 2 is 1.82 bits per heavy atom. The zero-order valence-electron chi connectivity index (χ0n) is 17.7. The van der Waals surface area contributed by atoms with Gasteiger partial charge >= 0.3 is 0 Å². The Kier molecular flexibility index (Phi) is 7.30. The van der Waals surface area contributed by atoms with Crippen LogP contribution in [0.2, 0.25) is 5.02 Å². The van der Waals surface area contributed by atoms with Crippen LogP contribution in [0.3, 0.4) is 0 Å². The molecule has 0 radical (unpaired) electrons. The van der Waals surface area contributed by atoms with Gasteiger partial charge in [0.15, 0.2) is 6.61 Å². The largest absolute Gasteiger partial charge is 0.484 e. The zero-order chi connectivity index (χ0) is 24.1. The highest BCUT2D eigenvalue weighted by Crippen LogP contribution is 2.34. The number of benzene rings is 3. The van der Waals surface area contributed by atoms with Crippen LogP contribution in [-0.4, -0.2) is 28.6 Å². The highest BCUT2D eigenvalue weighted by atomic mass is 35.5. The van der Waals surface area contributed by atoms with Gasteiger partial charge in [0.05, 0.1) is 22.2 Å². The molecular formula is C25H18ClFN2O4S. The van der Waals surface area contributed by atoms with Crippen LogP contribution < -0.4 is 10.1 Å². The molecule has 0 spiro atoms. The first-order chi connectivity index (χ1) is 16.4. The van der Waals surface area contributed by atoms with Crippen LogP contribution in [0.5, 0.6) is 5.75 Å². The summed E-state index contributed by atoms with van der Waals surface area (Å²) >= 11 is 6.82. The summed E-state index contributed by atoms with van der Waals surface area (Å²) in [5.41, 5.74) is 1.36. The molecule has 3 aromatic rings. The van der Waals surface area contributed by atoms with Gasteiger partial charge in [-0.25, -0.2) is 4.39 Å². The number of halogens is 2. The molecule has 0 bridgehead atoms. The van der Waals surface area contributed by atoms with Crippen molar-refractivity contribution in [2.24, 2.45) is 0 Å². The molecule has 1 aliphatic rings. The standard InChI is InChI=1S/C25H18ClFN2O4S/c26-19-9-2-4-11-21(19)28-23(30)15-33-18-8-5-6-16(12-18)13-22-24(31)29(25(32)34-22)14-17-7-1-3-10-20(17)27/h1-13H,14-15H2,(H,28,30)/b22-13-. The Balaban J connectivity index is 1.40. The number of imide groups is 1. The number of nitrogens with zero attached hydrogens (tertiary/aromatic N) is 1. The summed E-state index contributed by atoms with van der Waals surface area (Å²) in [6.45, 7) is -0.383. The molecule has 0 atom stereocenters. The maximum Gasteiger partial charge on any atom is 0.293 e. The highest BCUT2D eigenvalue weighted by Gasteiger charge is 2.35. The second-order valence-corrected chi connectivity index (χ2v) is 8.65. The Bertz CT molecular complexity index is 1300. The van der Waals surface area contributed by atoms with Crippen LogP contribution in [0.25, 0.3) is 6.08 Å². The smallest absolute Gasteiger partial charge is 0.293 e. The average Bonchev–Trinajstić information content (AvgIpc) is 3.08. The number of thioether (sulfide) groups is 1. The fraction of sp³-hybridized carbons (Fsp3) is 0.0800. The van der Waals surface area contributed by atoms with Crippen LogP contribution >= 0.6 is 23.4 Å². The minimum absolute atomic E-state index is 0.141. The number of rotatable bonds is 7. The molecule has 0 aliphatic carbocycles. The Morgan fingerprint density at radius 1 is 1.06 bits per heavy atom. The molecule has 1 saturated heterocycles. The number of amides is 3. The number of carbonyl (C=O) groups is 3. The molecule has 34 heavy (non-hydrogen) atoms. The maximum atomic E-state index is 13.9. The fourth-order valence-electron chi connectivity index (χ4n) is 3.18. The van der Waals surface area contributed by atoms with Crippen molar-refractivity contribution in [1.29, 1.82) is 0 Å². The normalized spacial score (nSPS) is 14.5. The van der Waals surface area contributed by atoms with Crippen molar-refractivity contribution in [2.45, 2.75) is 6.54 Å². The lowest BCUT2D eigenvalue weighted by molar-refractivity contribution is -0.123. The molecule has 172 valence electrons. The van der Waals surface area contributed by atoms with E-state index in [0.29, 0.717) is 22.0 Å². The first-order valence-electron chi connectivity index (χ1n) is 10.2. The molecule has 1 N–H and O–H groups in total. The summed E-state index contributed by atoms with van der Waals surface area (Å²) in [6.07, 6.45) is 1.56. The van der Waals surface area contributed by atoms with Crippen molar-refractivity contribution in [2.75, 3.05) is 11.9 Å². The van der Waals surface area contributed by atoms with Crippen molar-refractivity contribution in [1.82, 2.24) is 4.90 Å². The predicted molar refractivity (Wildman–Crippen MR) is 130 cm³/mol. The topological polar surface area (TPSA) is 75.7 Å². The molecule has 9 heteroatoms.